The molecule has 88 valence electrons. The Bertz CT molecular complexity index is 352. The number of hydrogen-bond donors (Lipinski definition) is 1. The molecule has 0 spiro atoms. The van der Waals surface area contributed by atoms with Gasteiger partial charge in [0, 0.05) is 29.9 Å². The van der Waals surface area contributed by atoms with Crippen molar-refractivity contribution in [1.82, 2.24) is 0 Å². The lowest BCUT2D eigenvalue weighted by Gasteiger charge is -2.21. The number of rotatable bonds is 6. The topological polar surface area (TPSA) is 23.5 Å². The van der Waals surface area contributed by atoms with E-state index in [1.807, 2.05) is 25.3 Å². The highest BCUT2D eigenvalue weighted by atomic mass is 35.5. The van der Waals surface area contributed by atoms with Crippen molar-refractivity contribution in [3.05, 3.63) is 41.4 Å². The van der Waals surface area contributed by atoms with E-state index in [-0.39, 0.29) is 6.61 Å². The summed E-state index contributed by atoms with van der Waals surface area (Å²) < 4.78 is 0. The third-order valence-corrected chi connectivity index (χ3v) is 2.76. The Hall–Kier alpha value is -0.990. The summed E-state index contributed by atoms with van der Waals surface area (Å²) in [6, 6.07) is 5.60. The SMILES string of the molecule is C=CCCCN(C)c1ccc(Cl)cc1CO. The van der Waals surface area contributed by atoms with Crippen molar-refractivity contribution in [2.75, 3.05) is 18.5 Å². The van der Waals surface area contributed by atoms with Crippen LogP contribution in [0.25, 0.3) is 0 Å². The quantitative estimate of drug-likeness (QED) is 0.609. The summed E-state index contributed by atoms with van der Waals surface area (Å²) in [4.78, 5) is 2.13. The van der Waals surface area contributed by atoms with E-state index in [0.29, 0.717) is 5.02 Å². The van der Waals surface area contributed by atoms with Gasteiger partial charge in [0.2, 0.25) is 0 Å². The van der Waals surface area contributed by atoms with Crippen LogP contribution in [0.5, 0.6) is 0 Å². The number of aliphatic hydroxyl groups is 1. The molecule has 0 aliphatic rings. The molecule has 0 aliphatic carbocycles. The summed E-state index contributed by atoms with van der Waals surface area (Å²) >= 11 is 5.88. The summed E-state index contributed by atoms with van der Waals surface area (Å²) in [6.45, 7) is 4.66. The average Bonchev–Trinajstić information content (AvgIpc) is 2.29. The molecule has 0 atom stereocenters. The summed E-state index contributed by atoms with van der Waals surface area (Å²) in [6.07, 6.45) is 3.99. The van der Waals surface area contributed by atoms with Crippen LogP contribution in [-0.4, -0.2) is 18.7 Å². The number of unbranched alkanes of at least 4 members (excludes halogenated alkanes) is 1. The van der Waals surface area contributed by atoms with Crippen LogP contribution in [0.15, 0.2) is 30.9 Å². The Morgan fingerprint density at radius 1 is 1.50 bits per heavy atom. The van der Waals surface area contributed by atoms with Crippen LogP contribution in [0.3, 0.4) is 0 Å². The maximum absolute atomic E-state index is 9.26. The fourth-order valence-corrected chi connectivity index (χ4v) is 1.84. The highest BCUT2D eigenvalue weighted by Crippen LogP contribution is 2.23. The molecule has 0 aromatic heterocycles. The van der Waals surface area contributed by atoms with Crippen molar-refractivity contribution in [1.29, 1.82) is 0 Å². The molecule has 0 radical (unpaired) electrons. The average molecular weight is 240 g/mol. The molecule has 0 heterocycles. The van der Waals surface area contributed by atoms with Crippen LogP contribution in [0.2, 0.25) is 5.02 Å². The van der Waals surface area contributed by atoms with Crippen molar-refractivity contribution in [2.24, 2.45) is 0 Å². The van der Waals surface area contributed by atoms with Gasteiger partial charge in [-0.3, -0.25) is 0 Å². The normalized spacial score (nSPS) is 10.2. The fraction of sp³-hybridized carbons (Fsp3) is 0.385. The lowest BCUT2D eigenvalue weighted by Crippen LogP contribution is -2.19. The van der Waals surface area contributed by atoms with Gasteiger partial charge in [0.25, 0.3) is 0 Å². The summed E-state index contributed by atoms with van der Waals surface area (Å²) in [7, 11) is 2.02. The Kier molecular flexibility index (Phi) is 5.36. The van der Waals surface area contributed by atoms with E-state index in [9.17, 15) is 5.11 Å². The van der Waals surface area contributed by atoms with Gasteiger partial charge in [-0.05, 0) is 31.0 Å². The van der Waals surface area contributed by atoms with Crippen molar-refractivity contribution < 1.29 is 5.11 Å². The number of benzene rings is 1. The molecule has 0 amide bonds. The zero-order chi connectivity index (χ0) is 12.0. The number of nitrogens with zero attached hydrogens (tertiary/aromatic N) is 1. The Labute approximate surface area is 102 Å². The van der Waals surface area contributed by atoms with Gasteiger partial charge in [0.05, 0.1) is 6.61 Å². The molecular weight excluding hydrogens is 222 g/mol. The smallest absolute Gasteiger partial charge is 0.0702 e. The fourth-order valence-electron chi connectivity index (χ4n) is 1.65. The van der Waals surface area contributed by atoms with Crippen LogP contribution >= 0.6 is 11.6 Å². The van der Waals surface area contributed by atoms with E-state index in [0.717, 1.165) is 30.6 Å². The Morgan fingerprint density at radius 3 is 2.88 bits per heavy atom. The molecule has 1 rings (SSSR count). The summed E-state index contributed by atoms with van der Waals surface area (Å²) in [5.74, 6) is 0. The molecule has 0 saturated carbocycles. The molecule has 0 unspecified atom stereocenters. The second-order valence-corrected chi connectivity index (χ2v) is 4.22. The minimum atomic E-state index is 0.0156. The highest BCUT2D eigenvalue weighted by molar-refractivity contribution is 6.30. The maximum Gasteiger partial charge on any atom is 0.0702 e. The predicted molar refractivity (Wildman–Crippen MR) is 70.1 cm³/mol. The van der Waals surface area contributed by atoms with Gasteiger partial charge in [0.15, 0.2) is 0 Å². The first-order valence-corrected chi connectivity index (χ1v) is 5.78. The van der Waals surface area contributed by atoms with Crippen LogP contribution in [0.1, 0.15) is 18.4 Å². The van der Waals surface area contributed by atoms with Gasteiger partial charge < -0.3 is 10.0 Å². The zero-order valence-electron chi connectivity index (χ0n) is 9.62. The number of allylic oxidation sites excluding steroid dienone is 1. The molecule has 1 aromatic rings. The Balaban J connectivity index is 2.73. The standard InChI is InChI=1S/C13H18ClNO/c1-3-4-5-8-15(2)13-7-6-12(14)9-11(13)10-16/h3,6-7,9,16H,1,4-5,8,10H2,2H3. The predicted octanol–water partition coefficient (Wildman–Crippen LogP) is 3.23. The molecule has 1 N–H and O–H groups in total. The molecule has 0 aliphatic heterocycles. The van der Waals surface area contributed by atoms with E-state index in [4.69, 9.17) is 11.6 Å². The zero-order valence-corrected chi connectivity index (χ0v) is 10.4. The Morgan fingerprint density at radius 2 is 2.25 bits per heavy atom. The molecule has 16 heavy (non-hydrogen) atoms. The highest BCUT2D eigenvalue weighted by Gasteiger charge is 2.06. The van der Waals surface area contributed by atoms with Gasteiger partial charge in [-0.1, -0.05) is 17.7 Å². The first-order chi connectivity index (χ1) is 7.69. The maximum atomic E-state index is 9.26. The van der Waals surface area contributed by atoms with Crippen LogP contribution in [-0.2, 0) is 6.61 Å². The molecule has 0 fully saturated rings. The van der Waals surface area contributed by atoms with Crippen LogP contribution in [0.4, 0.5) is 5.69 Å². The van der Waals surface area contributed by atoms with Gasteiger partial charge in [-0.15, -0.1) is 6.58 Å². The van der Waals surface area contributed by atoms with Crippen molar-refractivity contribution in [3.8, 4) is 0 Å². The molecule has 1 aromatic carbocycles. The van der Waals surface area contributed by atoms with E-state index in [1.165, 1.54) is 0 Å². The monoisotopic (exact) mass is 239 g/mol. The van der Waals surface area contributed by atoms with E-state index in [2.05, 4.69) is 11.5 Å². The molecule has 0 bridgehead atoms. The van der Waals surface area contributed by atoms with E-state index in [1.54, 1.807) is 6.07 Å². The largest absolute Gasteiger partial charge is 0.392 e. The van der Waals surface area contributed by atoms with Gasteiger partial charge >= 0.3 is 0 Å². The minimum Gasteiger partial charge on any atom is -0.392 e. The molecule has 2 nitrogen and oxygen atoms in total. The van der Waals surface area contributed by atoms with Crippen molar-refractivity contribution >= 4 is 17.3 Å². The van der Waals surface area contributed by atoms with E-state index < -0.39 is 0 Å². The van der Waals surface area contributed by atoms with Gasteiger partial charge in [-0.2, -0.15) is 0 Å². The van der Waals surface area contributed by atoms with Crippen molar-refractivity contribution in [2.45, 2.75) is 19.4 Å². The second-order valence-electron chi connectivity index (χ2n) is 3.78. The number of anilines is 1. The summed E-state index contributed by atoms with van der Waals surface area (Å²) in [5, 5.41) is 9.92. The molecule has 3 heteroatoms. The summed E-state index contributed by atoms with van der Waals surface area (Å²) in [5.41, 5.74) is 1.91. The van der Waals surface area contributed by atoms with Crippen LogP contribution < -0.4 is 4.90 Å². The minimum absolute atomic E-state index is 0.0156. The first kappa shape index (κ1) is 13.1. The van der Waals surface area contributed by atoms with E-state index >= 15 is 0 Å². The second kappa shape index (κ2) is 6.56. The third kappa shape index (κ3) is 3.54. The first-order valence-electron chi connectivity index (χ1n) is 5.40. The number of aliphatic hydroxyl groups excluding tert-OH is 1. The molecule has 0 saturated heterocycles. The third-order valence-electron chi connectivity index (χ3n) is 2.52. The van der Waals surface area contributed by atoms with Gasteiger partial charge in [0.1, 0.15) is 0 Å². The van der Waals surface area contributed by atoms with Gasteiger partial charge in [-0.25, -0.2) is 0 Å². The lowest BCUT2D eigenvalue weighted by atomic mass is 10.1. The van der Waals surface area contributed by atoms with Crippen molar-refractivity contribution in [3.63, 3.8) is 0 Å². The lowest BCUT2D eigenvalue weighted by molar-refractivity contribution is 0.282. The number of hydrogen-bond acceptors (Lipinski definition) is 2. The molecular formula is C13H18ClNO. The van der Waals surface area contributed by atoms with Crippen LogP contribution in [0, 0.1) is 0 Å². The number of halogens is 1.